The highest BCUT2D eigenvalue weighted by Crippen LogP contribution is 2.55. The number of benzene rings is 4. The Hall–Kier alpha value is -2.92. The Morgan fingerprint density at radius 3 is 1.65 bits per heavy atom. The Kier molecular flexibility index (Phi) is 5.71. The predicted molar refractivity (Wildman–Crippen MR) is 121 cm³/mol. The van der Waals surface area contributed by atoms with Crippen LogP contribution in [-0.2, 0) is 10.1 Å². The number of rotatable bonds is 5. The molecule has 4 aromatic rings. The van der Waals surface area contributed by atoms with Gasteiger partial charge in [-0.25, -0.2) is 8.78 Å². The van der Waals surface area contributed by atoms with Gasteiger partial charge in [-0.15, -0.1) is 0 Å². The van der Waals surface area contributed by atoms with E-state index >= 15 is 0 Å². The molecule has 3 nitrogen and oxygen atoms in total. The van der Waals surface area contributed by atoms with Crippen molar-refractivity contribution in [2.75, 3.05) is 0 Å². The van der Waals surface area contributed by atoms with Crippen LogP contribution in [0.4, 0.5) is 8.78 Å². The van der Waals surface area contributed by atoms with Gasteiger partial charge in [0.2, 0.25) is 0 Å². The van der Waals surface area contributed by atoms with E-state index in [-0.39, 0.29) is 4.90 Å². The molecule has 0 bridgehead atoms. The van der Waals surface area contributed by atoms with Gasteiger partial charge in [0.1, 0.15) is 33.4 Å². The molecule has 0 aromatic heterocycles. The van der Waals surface area contributed by atoms with Gasteiger partial charge < -0.3 is 0 Å². The second kappa shape index (κ2) is 8.31. The summed E-state index contributed by atoms with van der Waals surface area (Å²) < 4.78 is 63.1. The van der Waals surface area contributed by atoms with Crippen molar-refractivity contribution >= 4 is 38.6 Å². The molecule has 0 saturated carbocycles. The number of hydrogen-bond acceptors (Lipinski definition) is 2. The van der Waals surface area contributed by atoms with Crippen LogP contribution < -0.4 is 21.2 Å². The van der Waals surface area contributed by atoms with Crippen molar-refractivity contribution in [1.82, 2.24) is 0 Å². The van der Waals surface area contributed by atoms with E-state index in [9.17, 15) is 21.8 Å². The molecule has 0 fully saturated rings. The van der Waals surface area contributed by atoms with Gasteiger partial charge in [-0.1, -0.05) is 48.5 Å². The Morgan fingerprint density at radius 2 is 1.13 bits per heavy atom. The minimum Gasteiger partial charge on any atom is -0.282 e. The average Bonchev–Trinajstić information content (AvgIpc) is 2.78. The molecule has 0 atom stereocenters. The van der Waals surface area contributed by atoms with Crippen LogP contribution in [0.1, 0.15) is 0 Å². The molecule has 0 aliphatic carbocycles. The molecule has 0 aliphatic rings. The first-order valence-corrected chi connectivity index (χ1v) is 12.6. The molecule has 4 aromatic carbocycles. The lowest BCUT2D eigenvalue weighted by atomic mass is 10.3. The Labute approximate surface area is 180 Å². The highest BCUT2D eigenvalue weighted by Gasteiger charge is 2.51. The van der Waals surface area contributed by atoms with E-state index < -0.39 is 29.0 Å². The maximum atomic E-state index is 14.5. The number of hydrogen-bond donors (Lipinski definition) is 1. The summed E-state index contributed by atoms with van der Waals surface area (Å²) in [5.41, 5.74) is 0. The quantitative estimate of drug-likeness (QED) is 0.368. The van der Waals surface area contributed by atoms with Gasteiger partial charge >= 0.3 is 0 Å². The van der Waals surface area contributed by atoms with Crippen LogP contribution in [0.25, 0.3) is 0 Å². The topological polar surface area (TPSA) is 54.4 Å². The van der Waals surface area contributed by atoms with Crippen molar-refractivity contribution < 1.29 is 21.8 Å². The summed E-state index contributed by atoms with van der Waals surface area (Å²) in [6.45, 7) is 0. The van der Waals surface area contributed by atoms with E-state index in [1.54, 1.807) is 12.1 Å². The van der Waals surface area contributed by atoms with Gasteiger partial charge in [-0.05, 0) is 48.5 Å². The minimum atomic E-state index is -4.60. The molecule has 7 heteroatoms. The second-order valence-corrected chi connectivity index (χ2v) is 11.6. The third-order valence-electron chi connectivity index (χ3n) is 5.08. The third kappa shape index (κ3) is 3.79. The zero-order valence-electron chi connectivity index (χ0n) is 16.2. The van der Waals surface area contributed by atoms with Crippen LogP contribution in [0, 0.1) is 11.6 Å². The van der Waals surface area contributed by atoms with Crippen molar-refractivity contribution in [2.24, 2.45) is 0 Å². The van der Waals surface area contributed by atoms with E-state index in [0.717, 1.165) is 22.7 Å². The van der Waals surface area contributed by atoms with Crippen LogP contribution in [0.2, 0.25) is 0 Å². The van der Waals surface area contributed by atoms with E-state index in [2.05, 4.69) is 0 Å². The lowest BCUT2D eigenvalue weighted by Gasteiger charge is -2.28. The fourth-order valence-corrected chi connectivity index (χ4v) is 9.44. The Balaban J connectivity index is 2.24. The standard InChI is InChI=1S/C24H17F2O3PS/c25-21-16-15-20(17-22(21)26)30(18-9-3-1-4-10-18,19-11-5-2-6-12-19)23-13-7-8-14-24(23)31(27,28)29/h1-17H/p+1. The zero-order chi connectivity index (χ0) is 22.1. The molecular weight excluding hydrogens is 437 g/mol. The molecular formula is C24H18F2O3PS+. The van der Waals surface area contributed by atoms with E-state index in [1.807, 2.05) is 60.7 Å². The molecule has 156 valence electrons. The van der Waals surface area contributed by atoms with E-state index in [0.29, 0.717) is 10.6 Å². The lowest BCUT2D eigenvalue weighted by Crippen LogP contribution is -2.40. The van der Waals surface area contributed by atoms with Gasteiger partial charge in [-0.3, -0.25) is 4.55 Å². The Morgan fingerprint density at radius 1 is 0.613 bits per heavy atom. The van der Waals surface area contributed by atoms with E-state index in [1.165, 1.54) is 18.2 Å². The molecule has 0 heterocycles. The van der Waals surface area contributed by atoms with Gasteiger partial charge in [0.05, 0.1) is 0 Å². The SMILES string of the molecule is O=S(=O)(O)c1ccccc1[P+](c1ccccc1)(c1ccccc1)c1ccc(F)c(F)c1. The smallest absolute Gasteiger partial charge is 0.282 e. The summed E-state index contributed by atoms with van der Waals surface area (Å²) in [6, 6.07) is 28.0. The summed E-state index contributed by atoms with van der Waals surface area (Å²) in [7, 11) is -7.63. The van der Waals surface area contributed by atoms with Crippen molar-refractivity contribution in [3.8, 4) is 0 Å². The van der Waals surface area contributed by atoms with Crippen LogP contribution in [-0.4, -0.2) is 13.0 Å². The zero-order valence-corrected chi connectivity index (χ0v) is 17.9. The average molecular weight is 455 g/mol. The molecule has 0 radical (unpaired) electrons. The minimum absolute atomic E-state index is 0.263. The fourth-order valence-electron chi connectivity index (χ4n) is 3.81. The third-order valence-corrected chi connectivity index (χ3v) is 10.5. The summed E-state index contributed by atoms with van der Waals surface area (Å²) in [4.78, 5) is -0.263. The molecule has 0 unspecified atom stereocenters. The predicted octanol–water partition coefficient (Wildman–Crippen LogP) is 3.83. The van der Waals surface area contributed by atoms with Crippen molar-refractivity contribution in [2.45, 2.75) is 4.90 Å². The van der Waals surface area contributed by atoms with Gasteiger partial charge in [-0.2, -0.15) is 8.42 Å². The summed E-state index contributed by atoms with van der Waals surface area (Å²) in [5.74, 6) is -2.02. The fraction of sp³-hybridized carbons (Fsp3) is 0. The first-order valence-electron chi connectivity index (χ1n) is 9.38. The molecule has 31 heavy (non-hydrogen) atoms. The summed E-state index contributed by atoms with van der Waals surface area (Å²) >= 11 is 0. The molecule has 0 spiro atoms. The molecule has 1 N–H and O–H groups in total. The van der Waals surface area contributed by atoms with Crippen LogP contribution in [0.3, 0.4) is 0 Å². The molecule has 0 saturated heterocycles. The molecule has 0 aliphatic heterocycles. The second-order valence-electron chi connectivity index (χ2n) is 6.88. The largest absolute Gasteiger partial charge is 0.298 e. The van der Waals surface area contributed by atoms with Crippen molar-refractivity contribution in [1.29, 1.82) is 0 Å². The summed E-state index contributed by atoms with van der Waals surface area (Å²) in [5, 5.41) is 2.24. The summed E-state index contributed by atoms with van der Waals surface area (Å²) in [6.07, 6.45) is 0. The van der Waals surface area contributed by atoms with E-state index in [4.69, 9.17) is 0 Å². The van der Waals surface area contributed by atoms with Crippen LogP contribution in [0.5, 0.6) is 0 Å². The maximum absolute atomic E-state index is 14.5. The van der Waals surface area contributed by atoms with Gasteiger partial charge in [0.25, 0.3) is 10.1 Å². The van der Waals surface area contributed by atoms with Gasteiger partial charge in [0.15, 0.2) is 11.6 Å². The van der Waals surface area contributed by atoms with Crippen LogP contribution >= 0.6 is 7.26 Å². The molecule has 0 amide bonds. The first kappa shape index (κ1) is 21.3. The van der Waals surface area contributed by atoms with Crippen LogP contribution in [0.15, 0.2) is 108 Å². The van der Waals surface area contributed by atoms with Gasteiger partial charge in [0, 0.05) is 6.07 Å². The molecule has 4 rings (SSSR count). The maximum Gasteiger partial charge on any atom is 0.298 e. The first-order chi connectivity index (χ1) is 14.8. The van der Waals surface area contributed by atoms with Crippen molar-refractivity contribution in [3.05, 3.63) is 115 Å². The normalized spacial score (nSPS) is 12.0. The Bertz CT molecular complexity index is 1290. The van der Waals surface area contributed by atoms with Crippen molar-refractivity contribution in [3.63, 3.8) is 0 Å². The number of halogens is 2. The lowest BCUT2D eigenvalue weighted by molar-refractivity contribution is 0.484. The monoisotopic (exact) mass is 455 g/mol. The highest BCUT2D eigenvalue weighted by molar-refractivity contribution is 8.02. The highest BCUT2D eigenvalue weighted by atomic mass is 32.2.